The molecule has 0 aliphatic carbocycles. The van der Waals surface area contributed by atoms with Gasteiger partial charge in [0.2, 0.25) is 5.91 Å². The van der Waals surface area contributed by atoms with Crippen LogP contribution in [0.4, 0.5) is 0 Å². The Kier molecular flexibility index (Phi) is 6.88. The molecule has 0 unspecified atom stereocenters. The van der Waals surface area contributed by atoms with Crippen molar-refractivity contribution < 1.29 is 9.59 Å². The van der Waals surface area contributed by atoms with Crippen LogP contribution in [-0.2, 0) is 4.79 Å². The minimum atomic E-state index is -0.0267. The van der Waals surface area contributed by atoms with E-state index in [1.54, 1.807) is 24.5 Å². The number of amides is 1. The van der Waals surface area contributed by atoms with E-state index in [0.717, 1.165) is 32.7 Å². The minimum Gasteiger partial charge on any atom is -0.340 e. The van der Waals surface area contributed by atoms with E-state index in [1.807, 2.05) is 23.1 Å². The summed E-state index contributed by atoms with van der Waals surface area (Å²) in [6, 6.07) is 13.7. The average Bonchev–Trinajstić information content (AvgIpc) is 2.73. The molecule has 0 bridgehead atoms. The predicted octanol–water partition coefficient (Wildman–Crippen LogP) is 2.90. The first-order valence-corrected chi connectivity index (χ1v) is 9.37. The van der Waals surface area contributed by atoms with E-state index in [2.05, 4.69) is 34.2 Å². The molecular weight excluding hydrogens is 338 g/mol. The van der Waals surface area contributed by atoms with Crippen LogP contribution >= 0.6 is 0 Å². The van der Waals surface area contributed by atoms with Crippen LogP contribution in [0.3, 0.4) is 0 Å². The molecule has 0 radical (unpaired) electrons. The van der Waals surface area contributed by atoms with E-state index >= 15 is 0 Å². The Morgan fingerprint density at radius 2 is 1.74 bits per heavy atom. The second-order valence-electron chi connectivity index (χ2n) is 6.66. The summed E-state index contributed by atoms with van der Waals surface area (Å²) in [5.74, 6) is 0.0350. The first-order chi connectivity index (χ1) is 13.2. The molecule has 0 spiro atoms. The van der Waals surface area contributed by atoms with Crippen molar-refractivity contribution in [3.05, 3.63) is 72.1 Å². The monoisotopic (exact) mass is 363 g/mol. The Bertz CT molecular complexity index is 767. The molecule has 1 aliphatic rings. The number of ketones is 1. The summed E-state index contributed by atoms with van der Waals surface area (Å²) in [5, 5.41) is 0. The number of carbonyl (C=O) groups excluding carboxylic acids is 2. The van der Waals surface area contributed by atoms with Crippen LogP contribution in [0.15, 0.2) is 60.9 Å². The summed E-state index contributed by atoms with van der Waals surface area (Å²) in [7, 11) is 0. The van der Waals surface area contributed by atoms with Crippen LogP contribution in [0.25, 0.3) is 6.08 Å². The van der Waals surface area contributed by atoms with Crippen LogP contribution in [0.2, 0.25) is 0 Å². The van der Waals surface area contributed by atoms with Gasteiger partial charge in [-0.1, -0.05) is 42.5 Å². The Balaban J connectivity index is 1.37. The van der Waals surface area contributed by atoms with E-state index in [-0.39, 0.29) is 24.5 Å². The molecular formula is C22H25N3O2. The maximum atomic E-state index is 12.4. The van der Waals surface area contributed by atoms with Crippen molar-refractivity contribution in [3.63, 3.8) is 0 Å². The molecule has 27 heavy (non-hydrogen) atoms. The third-order valence-electron chi connectivity index (χ3n) is 4.75. The van der Waals surface area contributed by atoms with Crippen molar-refractivity contribution in [3.8, 4) is 0 Å². The zero-order valence-electron chi connectivity index (χ0n) is 15.5. The molecule has 1 aromatic heterocycles. The normalized spacial score (nSPS) is 15.2. The van der Waals surface area contributed by atoms with E-state index in [9.17, 15) is 9.59 Å². The van der Waals surface area contributed by atoms with Crippen LogP contribution in [-0.4, -0.2) is 59.2 Å². The second kappa shape index (κ2) is 9.78. The largest absolute Gasteiger partial charge is 0.340 e. The molecule has 2 aromatic rings. The topological polar surface area (TPSA) is 53.5 Å². The number of pyridine rings is 1. The maximum absolute atomic E-state index is 12.4. The number of piperazine rings is 1. The van der Waals surface area contributed by atoms with Crippen molar-refractivity contribution in [2.24, 2.45) is 0 Å². The summed E-state index contributed by atoms with van der Waals surface area (Å²) in [6.07, 6.45) is 7.98. The Hall–Kier alpha value is -2.79. The number of benzene rings is 1. The van der Waals surface area contributed by atoms with Crippen LogP contribution < -0.4 is 0 Å². The number of carbonyl (C=O) groups is 2. The molecule has 0 saturated carbocycles. The molecule has 1 saturated heterocycles. The average molecular weight is 363 g/mol. The van der Waals surface area contributed by atoms with Gasteiger partial charge >= 0.3 is 0 Å². The number of hydrogen-bond acceptors (Lipinski definition) is 4. The first-order valence-electron chi connectivity index (χ1n) is 9.37. The van der Waals surface area contributed by atoms with E-state index < -0.39 is 0 Å². The standard InChI is InChI=1S/C22H25N3O2/c26-21(20-9-4-12-23-18-20)10-11-22(27)25-16-14-24(15-17-25)13-5-8-19-6-2-1-3-7-19/h1-9,12,18H,10-11,13-17H2/b8-5+. The Morgan fingerprint density at radius 3 is 2.44 bits per heavy atom. The van der Waals surface area contributed by atoms with Gasteiger partial charge in [-0.15, -0.1) is 0 Å². The lowest BCUT2D eigenvalue weighted by atomic mass is 10.1. The van der Waals surface area contributed by atoms with Crippen LogP contribution in [0.1, 0.15) is 28.8 Å². The summed E-state index contributed by atoms with van der Waals surface area (Å²) < 4.78 is 0. The zero-order chi connectivity index (χ0) is 18.9. The van der Waals surface area contributed by atoms with E-state index in [0.29, 0.717) is 5.56 Å². The first kappa shape index (κ1) is 19.0. The predicted molar refractivity (Wildman–Crippen MR) is 106 cm³/mol. The van der Waals surface area contributed by atoms with Crippen LogP contribution in [0.5, 0.6) is 0 Å². The van der Waals surface area contributed by atoms with Gasteiger partial charge in [-0.2, -0.15) is 0 Å². The molecule has 1 fully saturated rings. The van der Waals surface area contributed by atoms with Crippen LogP contribution in [0, 0.1) is 0 Å². The SMILES string of the molecule is O=C(CCC(=O)N1CCN(C/C=C/c2ccccc2)CC1)c1cccnc1. The third-order valence-corrected chi connectivity index (χ3v) is 4.75. The summed E-state index contributed by atoms with van der Waals surface area (Å²) in [5.41, 5.74) is 1.77. The van der Waals surface area contributed by atoms with Gasteiger partial charge in [-0.25, -0.2) is 0 Å². The molecule has 1 aliphatic heterocycles. The highest BCUT2D eigenvalue weighted by Crippen LogP contribution is 2.09. The van der Waals surface area contributed by atoms with Crippen molar-refractivity contribution in [2.75, 3.05) is 32.7 Å². The van der Waals surface area contributed by atoms with Gasteiger partial charge < -0.3 is 4.90 Å². The van der Waals surface area contributed by atoms with Gasteiger partial charge in [0, 0.05) is 63.5 Å². The molecule has 0 atom stereocenters. The molecule has 1 amide bonds. The fourth-order valence-electron chi connectivity index (χ4n) is 3.13. The molecule has 5 heteroatoms. The lowest BCUT2D eigenvalue weighted by Crippen LogP contribution is -2.48. The van der Waals surface area contributed by atoms with Crippen molar-refractivity contribution in [1.82, 2.24) is 14.8 Å². The fourth-order valence-corrected chi connectivity index (χ4v) is 3.13. The summed E-state index contributed by atoms with van der Waals surface area (Å²) in [4.78, 5) is 32.6. The van der Waals surface area contributed by atoms with Crippen molar-refractivity contribution in [2.45, 2.75) is 12.8 Å². The van der Waals surface area contributed by atoms with Gasteiger partial charge in [0.05, 0.1) is 0 Å². The third kappa shape index (κ3) is 5.86. The van der Waals surface area contributed by atoms with Gasteiger partial charge in [0.15, 0.2) is 5.78 Å². The molecule has 2 heterocycles. The van der Waals surface area contributed by atoms with Gasteiger partial charge in [-0.05, 0) is 17.7 Å². The highest BCUT2D eigenvalue weighted by atomic mass is 16.2. The molecule has 1 aromatic carbocycles. The highest BCUT2D eigenvalue weighted by Gasteiger charge is 2.21. The summed E-state index contributed by atoms with van der Waals surface area (Å²) in [6.45, 7) is 4.05. The maximum Gasteiger partial charge on any atom is 0.223 e. The highest BCUT2D eigenvalue weighted by molar-refractivity contribution is 5.97. The molecule has 140 valence electrons. The number of Topliss-reactive ketones (excluding diaryl/α,β-unsaturated/α-hetero) is 1. The van der Waals surface area contributed by atoms with Gasteiger partial charge in [0.25, 0.3) is 0 Å². The molecule has 0 N–H and O–H groups in total. The summed E-state index contributed by atoms with van der Waals surface area (Å²) >= 11 is 0. The number of nitrogens with zero attached hydrogens (tertiary/aromatic N) is 3. The fraction of sp³-hybridized carbons (Fsp3) is 0.318. The van der Waals surface area contributed by atoms with Crippen molar-refractivity contribution in [1.29, 1.82) is 0 Å². The minimum absolute atomic E-state index is 0.0267. The molecule has 5 nitrogen and oxygen atoms in total. The second-order valence-corrected chi connectivity index (χ2v) is 6.66. The Labute approximate surface area is 160 Å². The quantitative estimate of drug-likeness (QED) is 0.710. The van der Waals surface area contributed by atoms with E-state index in [4.69, 9.17) is 0 Å². The zero-order valence-corrected chi connectivity index (χ0v) is 15.5. The van der Waals surface area contributed by atoms with E-state index in [1.165, 1.54) is 5.56 Å². The number of aromatic nitrogens is 1. The lowest BCUT2D eigenvalue weighted by Gasteiger charge is -2.34. The van der Waals surface area contributed by atoms with Gasteiger partial charge in [0.1, 0.15) is 0 Å². The lowest BCUT2D eigenvalue weighted by molar-refractivity contribution is -0.132. The van der Waals surface area contributed by atoms with Crippen molar-refractivity contribution >= 4 is 17.8 Å². The number of hydrogen-bond donors (Lipinski definition) is 0. The smallest absolute Gasteiger partial charge is 0.223 e. The molecule has 3 rings (SSSR count). The van der Waals surface area contributed by atoms with Gasteiger partial charge in [-0.3, -0.25) is 19.5 Å². The Morgan fingerprint density at radius 1 is 0.963 bits per heavy atom. The number of rotatable bonds is 7.